The van der Waals surface area contributed by atoms with Crippen LogP contribution in [0.2, 0.25) is 5.02 Å². The molecular formula is C20H16ClN3O6S. The average Bonchev–Trinajstić information content (AvgIpc) is 3.17. The number of rotatable bonds is 8. The molecule has 3 rings (SSSR count). The second-order valence-corrected chi connectivity index (χ2v) is 7.49. The van der Waals surface area contributed by atoms with E-state index < -0.39 is 29.2 Å². The van der Waals surface area contributed by atoms with Crippen molar-refractivity contribution >= 4 is 46.3 Å². The van der Waals surface area contributed by atoms with Gasteiger partial charge in [-0.2, -0.15) is 0 Å². The van der Waals surface area contributed by atoms with E-state index in [-0.39, 0.29) is 22.9 Å². The highest BCUT2D eigenvalue weighted by Crippen LogP contribution is 2.36. The van der Waals surface area contributed by atoms with Crippen LogP contribution < -0.4 is 10.1 Å². The molecule has 31 heavy (non-hydrogen) atoms. The van der Waals surface area contributed by atoms with Crippen LogP contribution in [0.15, 0.2) is 48.7 Å². The van der Waals surface area contributed by atoms with E-state index in [9.17, 15) is 19.7 Å². The number of nitrogens with zero attached hydrogens (tertiary/aromatic N) is 2. The summed E-state index contributed by atoms with van der Waals surface area (Å²) in [5.74, 6) is -1.82. The summed E-state index contributed by atoms with van der Waals surface area (Å²) in [6.45, 7) is 1.34. The molecule has 0 bridgehead atoms. The number of carbonyl (C=O) groups is 2. The number of anilines is 1. The van der Waals surface area contributed by atoms with Crippen molar-refractivity contribution < 1.29 is 24.0 Å². The minimum atomic E-state index is -0.705. The summed E-state index contributed by atoms with van der Waals surface area (Å²) < 4.78 is 10.3. The van der Waals surface area contributed by atoms with Crippen molar-refractivity contribution in [1.82, 2.24) is 4.98 Å². The molecule has 0 unspecified atom stereocenters. The second kappa shape index (κ2) is 10.0. The van der Waals surface area contributed by atoms with Crippen molar-refractivity contribution in [1.29, 1.82) is 0 Å². The van der Waals surface area contributed by atoms with E-state index in [0.29, 0.717) is 5.02 Å². The zero-order chi connectivity index (χ0) is 22.4. The third-order valence-electron chi connectivity index (χ3n) is 3.88. The van der Waals surface area contributed by atoms with Crippen LogP contribution in [-0.2, 0) is 9.53 Å². The van der Waals surface area contributed by atoms with Gasteiger partial charge in [0.1, 0.15) is 11.1 Å². The molecule has 0 saturated heterocycles. The van der Waals surface area contributed by atoms with Gasteiger partial charge in [-0.05, 0) is 52.7 Å². The van der Waals surface area contributed by atoms with Crippen molar-refractivity contribution in [3.63, 3.8) is 0 Å². The smallest absolute Gasteiger partial charge is 0.406 e. The van der Waals surface area contributed by atoms with Gasteiger partial charge in [0.2, 0.25) is 5.75 Å². The number of ether oxygens (including phenoxy) is 2. The molecule has 1 aromatic carbocycles. The lowest BCUT2D eigenvalue weighted by atomic mass is 10.2. The maximum absolute atomic E-state index is 12.4. The standard InChI is InChI=1S/C20H16ClN3O6S/c1-2-29-20(26)18-14(10-16(31-18)12-5-7-13(21)8-6-12)23-17(25)11-30-15-4-3-9-22-19(15)24(27)28/h3-10H,2,11H2,1H3,(H,23,25). The predicted molar refractivity (Wildman–Crippen MR) is 116 cm³/mol. The Balaban J connectivity index is 1.79. The largest absolute Gasteiger partial charge is 0.476 e. The summed E-state index contributed by atoms with van der Waals surface area (Å²) in [4.78, 5) is 39.6. The second-order valence-electron chi connectivity index (χ2n) is 6.00. The van der Waals surface area contributed by atoms with E-state index in [4.69, 9.17) is 21.1 Å². The number of amides is 1. The normalized spacial score (nSPS) is 10.4. The summed E-state index contributed by atoms with van der Waals surface area (Å²) in [6, 6.07) is 11.5. The number of nitro groups is 1. The number of hydrogen-bond acceptors (Lipinski definition) is 8. The highest BCUT2D eigenvalue weighted by atomic mass is 35.5. The Bertz CT molecular complexity index is 1120. The van der Waals surface area contributed by atoms with Gasteiger partial charge in [0.25, 0.3) is 5.91 Å². The summed E-state index contributed by atoms with van der Waals surface area (Å²) in [5.41, 5.74) is 1.06. The number of thiophene rings is 1. The Kier molecular flexibility index (Phi) is 7.16. The van der Waals surface area contributed by atoms with Crippen LogP contribution in [0.1, 0.15) is 16.6 Å². The molecule has 160 valence electrons. The molecule has 2 heterocycles. The van der Waals surface area contributed by atoms with Crippen molar-refractivity contribution in [2.24, 2.45) is 0 Å². The Morgan fingerprint density at radius 1 is 1.26 bits per heavy atom. The van der Waals surface area contributed by atoms with Crippen LogP contribution in [0.4, 0.5) is 11.5 Å². The SMILES string of the molecule is CCOC(=O)c1sc(-c2ccc(Cl)cc2)cc1NC(=O)COc1cccnc1[N+](=O)[O-]. The maximum atomic E-state index is 12.4. The fourth-order valence-corrected chi connectivity index (χ4v) is 3.69. The van der Waals surface area contributed by atoms with Crippen LogP contribution in [0.3, 0.4) is 0 Å². The van der Waals surface area contributed by atoms with Crippen LogP contribution in [-0.4, -0.2) is 35.0 Å². The topological polar surface area (TPSA) is 121 Å². The van der Waals surface area contributed by atoms with E-state index in [0.717, 1.165) is 21.8 Å². The van der Waals surface area contributed by atoms with Crippen LogP contribution >= 0.6 is 22.9 Å². The fourth-order valence-electron chi connectivity index (χ4n) is 2.55. The molecule has 0 aliphatic heterocycles. The fraction of sp³-hybridized carbons (Fsp3) is 0.150. The molecule has 0 fully saturated rings. The first-order chi connectivity index (χ1) is 14.9. The van der Waals surface area contributed by atoms with Gasteiger partial charge in [-0.15, -0.1) is 11.3 Å². The number of nitrogens with one attached hydrogen (secondary N) is 1. The molecular weight excluding hydrogens is 446 g/mol. The van der Waals surface area contributed by atoms with Gasteiger partial charge >= 0.3 is 11.8 Å². The Hall–Kier alpha value is -3.50. The van der Waals surface area contributed by atoms with Crippen molar-refractivity contribution in [2.75, 3.05) is 18.5 Å². The molecule has 11 heteroatoms. The predicted octanol–water partition coefficient (Wildman–Crippen LogP) is 4.57. The number of hydrogen-bond donors (Lipinski definition) is 1. The summed E-state index contributed by atoms with van der Waals surface area (Å²) in [5, 5.41) is 14.2. The van der Waals surface area contributed by atoms with E-state index in [1.54, 1.807) is 37.3 Å². The van der Waals surface area contributed by atoms with E-state index in [1.165, 1.54) is 18.3 Å². The van der Waals surface area contributed by atoms with Gasteiger partial charge in [0, 0.05) is 9.90 Å². The van der Waals surface area contributed by atoms with Gasteiger partial charge in [0.15, 0.2) is 6.61 Å². The molecule has 1 N–H and O–H groups in total. The molecule has 0 aliphatic rings. The zero-order valence-corrected chi connectivity index (χ0v) is 17.7. The van der Waals surface area contributed by atoms with Crippen molar-refractivity contribution in [2.45, 2.75) is 6.92 Å². The quantitative estimate of drug-likeness (QED) is 0.296. The highest BCUT2D eigenvalue weighted by molar-refractivity contribution is 7.18. The van der Waals surface area contributed by atoms with E-state index in [1.807, 2.05) is 0 Å². The van der Waals surface area contributed by atoms with Gasteiger partial charge in [-0.1, -0.05) is 23.7 Å². The minimum absolute atomic E-state index is 0.138. The first-order valence-corrected chi connectivity index (χ1v) is 10.2. The molecule has 0 spiro atoms. The maximum Gasteiger partial charge on any atom is 0.406 e. The lowest BCUT2D eigenvalue weighted by molar-refractivity contribution is -0.390. The molecule has 0 aliphatic carbocycles. The van der Waals surface area contributed by atoms with Crippen molar-refractivity contribution in [3.8, 4) is 16.2 Å². The number of pyridine rings is 1. The Labute approximate surface area is 185 Å². The number of carbonyl (C=O) groups excluding carboxylic acids is 2. The van der Waals surface area contributed by atoms with Gasteiger partial charge < -0.3 is 24.9 Å². The van der Waals surface area contributed by atoms with Gasteiger partial charge in [0.05, 0.1) is 12.3 Å². The third kappa shape index (κ3) is 5.56. The lowest BCUT2D eigenvalue weighted by Crippen LogP contribution is -2.21. The number of esters is 1. The Morgan fingerprint density at radius 3 is 2.68 bits per heavy atom. The molecule has 0 atom stereocenters. The van der Waals surface area contributed by atoms with Gasteiger partial charge in [-0.25, -0.2) is 4.79 Å². The summed E-state index contributed by atoms with van der Waals surface area (Å²) >= 11 is 7.08. The zero-order valence-electron chi connectivity index (χ0n) is 16.2. The first kappa shape index (κ1) is 22.2. The molecule has 0 saturated carbocycles. The van der Waals surface area contributed by atoms with Crippen molar-refractivity contribution in [3.05, 3.63) is 68.7 Å². The van der Waals surface area contributed by atoms with E-state index in [2.05, 4.69) is 10.3 Å². The third-order valence-corrected chi connectivity index (χ3v) is 5.29. The highest BCUT2D eigenvalue weighted by Gasteiger charge is 2.21. The van der Waals surface area contributed by atoms with Crippen LogP contribution in [0.25, 0.3) is 10.4 Å². The Morgan fingerprint density at radius 2 is 2.00 bits per heavy atom. The average molecular weight is 462 g/mol. The monoisotopic (exact) mass is 461 g/mol. The number of benzene rings is 1. The summed E-state index contributed by atoms with van der Waals surface area (Å²) in [7, 11) is 0. The number of halogens is 1. The molecule has 3 aromatic rings. The van der Waals surface area contributed by atoms with Gasteiger partial charge in [-0.3, -0.25) is 4.79 Å². The van der Waals surface area contributed by atoms with Crippen LogP contribution in [0, 0.1) is 10.1 Å². The molecule has 2 aromatic heterocycles. The first-order valence-electron chi connectivity index (χ1n) is 8.98. The van der Waals surface area contributed by atoms with Crippen LogP contribution in [0.5, 0.6) is 5.75 Å². The molecule has 9 nitrogen and oxygen atoms in total. The minimum Gasteiger partial charge on any atom is -0.476 e. The molecule has 1 amide bonds. The lowest BCUT2D eigenvalue weighted by Gasteiger charge is -2.08. The van der Waals surface area contributed by atoms with E-state index >= 15 is 0 Å². The number of aromatic nitrogens is 1. The molecule has 0 radical (unpaired) electrons. The summed E-state index contributed by atoms with van der Waals surface area (Å²) in [6.07, 6.45) is 1.25.